The van der Waals surface area contributed by atoms with Gasteiger partial charge in [0, 0.05) is 54.6 Å². The van der Waals surface area contributed by atoms with Crippen LogP contribution in [0.3, 0.4) is 0 Å². The first kappa shape index (κ1) is 25.6. The first-order valence-electron chi connectivity index (χ1n) is 12.0. The molecule has 3 aromatic rings. The molecule has 1 aliphatic heterocycles. The zero-order chi connectivity index (χ0) is 25.5. The van der Waals surface area contributed by atoms with Crippen molar-refractivity contribution >= 4 is 17.5 Å². The van der Waals surface area contributed by atoms with Gasteiger partial charge in [0.15, 0.2) is 0 Å². The standard InChI is InChI=1S/C25H29F3N6O2/c1-3-5-6-17-13-20(25(26,27)28)19(16-30-17)21-15-22(31-18-7-8-29-23(14-18)36-4-2)33-24(32-21)34-9-11-35-12-10-34/h7-8,13-16H,3-6,9-12H2,1-2H3,(H,29,31,32,33). The molecule has 36 heavy (non-hydrogen) atoms. The zero-order valence-corrected chi connectivity index (χ0v) is 20.3. The third kappa shape index (κ3) is 6.39. The number of unbranched alkanes of at least 4 members (excludes halogenated alkanes) is 1. The van der Waals surface area contributed by atoms with Crippen LogP contribution in [0.15, 0.2) is 36.7 Å². The predicted octanol–water partition coefficient (Wildman–Crippen LogP) is 5.27. The minimum atomic E-state index is -4.56. The van der Waals surface area contributed by atoms with Crippen molar-refractivity contribution in [3.63, 3.8) is 0 Å². The highest BCUT2D eigenvalue weighted by Crippen LogP contribution is 2.38. The molecular weight excluding hydrogens is 473 g/mol. The lowest BCUT2D eigenvalue weighted by atomic mass is 10.0. The maximum atomic E-state index is 14.1. The first-order valence-corrected chi connectivity index (χ1v) is 12.0. The SMILES string of the molecule is CCCCc1cc(C(F)(F)F)c(-c2cc(Nc3ccnc(OCC)c3)nc(N3CCOCC3)n2)cn1. The van der Waals surface area contributed by atoms with Gasteiger partial charge in [-0.2, -0.15) is 18.2 Å². The quantitative estimate of drug-likeness (QED) is 0.423. The van der Waals surface area contributed by atoms with Crippen LogP contribution in [0.4, 0.5) is 30.6 Å². The van der Waals surface area contributed by atoms with Crippen LogP contribution in [0.1, 0.15) is 37.9 Å². The summed E-state index contributed by atoms with van der Waals surface area (Å²) >= 11 is 0. The van der Waals surface area contributed by atoms with Crippen molar-refractivity contribution in [3.05, 3.63) is 47.9 Å². The van der Waals surface area contributed by atoms with E-state index in [4.69, 9.17) is 9.47 Å². The molecule has 192 valence electrons. The van der Waals surface area contributed by atoms with Gasteiger partial charge in [-0.1, -0.05) is 13.3 Å². The predicted molar refractivity (Wildman–Crippen MR) is 131 cm³/mol. The molecule has 0 saturated carbocycles. The second-order valence-electron chi connectivity index (χ2n) is 8.30. The molecule has 4 heterocycles. The summed E-state index contributed by atoms with van der Waals surface area (Å²) in [6.45, 7) is 6.34. The number of ether oxygens (including phenoxy) is 2. The third-order valence-electron chi connectivity index (χ3n) is 5.64. The fraction of sp³-hybridized carbons (Fsp3) is 0.440. The van der Waals surface area contributed by atoms with Crippen LogP contribution in [-0.2, 0) is 17.3 Å². The molecular formula is C25H29F3N6O2. The number of hydrogen-bond acceptors (Lipinski definition) is 8. The van der Waals surface area contributed by atoms with E-state index in [-0.39, 0.29) is 11.3 Å². The highest BCUT2D eigenvalue weighted by molar-refractivity contribution is 5.70. The average Bonchev–Trinajstić information content (AvgIpc) is 2.87. The summed E-state index contributed by atoms with van der Waals surface area (Å²) in [4.78, 5) is 19.5. The second kappa shape index (κ2) is 11.5. The van der Waals surface area contributed by atoms with E-state index < -0.39 is 11.7 Å². The summed E-state index contributed by atoms with van der Waals surface area (Å²) in [6, 6.07) is 6.06. The van der Waals surface area contributed by atoms with E-state index in [1.165, 1.54) is 12.3 Å². The molecule has 4 rings (SSSR count). The van der Waals surface area contributed by atoms with Crippen molar-refractivity contribution < 1.29 is 22.6 Å². The molecule has 11 heteroatoms. The maximum Gasteiger partial charge on any atom is 0.417 e. The maximum absolute atomic E-state index is 14.1. The smallest absolute Gasteiger partial charge is 0.417 e. The summed E-state index contributed by atoms with van der Waals surface area (Å²) in [6.07, 6.45) is 0.409. The van der Waals surface area contributed by atoms with Crippen molar-refractivity contribution in [2.24, 2.45) is 0 Å². The Hall–Kier alpha value is -3.47. The average molecular weight is 503 g/mol. The Balaban J connectivity index is 1.77. The molecule has 0 bridgehead atoms. The minimum absolute atomic E-state index is 0.0903. The highest BCUT2D eigenvalue weighted by atomic mass is 19.4. The summed E-state index contributed by atoms with van der Waals surface area (Å²) in [7, 11) is 0. The normalized spacial score (nSPS) is 14.1. The van der Waals surface area contributed by atoms with E-state index in [2.05, 4.69) is 25.3 Å². The number of rotatable bonds is 9. The molecule has 3 aromatic heterocycles. The number of nitrogens with one attached hydrogen (secondary N) is 1. The van der Waals surface area contributed by atoms with Gasteiger partial charge in [-0.05, 0) is 31.9 Å². The van der Waals surface area contributed by atoms with E-state index in [0.29, 0.717) is 68.4 Å². The zero-order valence-electron chi connectivity index (χ0n) is 20.3. The molecule has 1 fully saturated rings. The largest absolute Gasteiger partial charge is 0.478 e. The molecule has 8 nitrogen and oxygen atoms in total. The van der Waals surface area contributed by atoms with E-state index >= 15 is 0 Å². The third-order valence-corrected chi connectivity index (χ3v) is 5.64. The van der Waals surface area contributed by atoms with Gasteiger partial charge in [0.05, 0.1) is 31.1 Å². The van der Waals surface area contributed by atoms with Gasteiger partial charge in [-0.15, -0.1) is 0 Å². The fourth-order valence-corrected chi connectivity index (χ4v) is 3.84. The Morgan fingerprint density at radius 1 is 1.08 bits per heavy atom. The van der Waals surface area contributed by atoms with Gasteiger partial charge < -0.3 is 19.7 Å². The van der Waals surface area contributed by atoms with Crippen LogP contribution < -0.4 is 15.0 Å². The number of morpholine rings is 1. The lowest BCUT2D eigenvalue weighted by Crippen LogP contribution is -2.37. The van der Waals surface area contributed by atoms with E-state index in [1.54, 1.807) is 18.3 Å². The molecule has 0 spiro atoms. The number of alkyl halides is 3. The molecule has 0 unspecified atom stereocenters. The molecule has 1 saturated heterocycles. The number of aryl methyl sites for hydroxylation is 1. The lowest BCUT2D eigenvalue weighted by molar-refractivity contribution is -0.137. The molecule has 1 aliphatic rings. The lowest BCUT2D eigenvalue weighted by Gasteiger charge is -2.27. The molecule has 0 aromatic carbocycles. The van der Waals surface area contributed by atoms with Crippen molar-refractivity contribution in [2.45, 2.75) is 39.3 Å². The van der Waals surface area contributed by atoms with Crippen molar-refractivity contribution in [3.8, 4) is 17.1 Å². The number of hydrogen-bond donors (Lipinski definition) is 1. The number of anilines is 3. The summed E-state index contributed by atoms with van der Waals surface area (Å²) in [5, 5.41) is 3.16. The number of nitrogens with zero attached hydrogens (tertiary/aromatic N) is 5. The molecule has 0 aliphatic carbocycles. The van der Waals surface area contributed by atoms with Crippen molar-refractivity contribution in [2.75, 3.05) is 43.1 Å². The Morgan fingerprint density at radius 2 is 1.89 bits per heavy atom. The number of pyridine rings is 2. The van der Waals surface area contributed by atoms with Crippen molar-refractivity contribution in [1.82, 2.24) is 19.9 Å². The van der Waals surface area contributed by atoms with Gasteiger partial charge in [-0.3, -0.25) is 4.98 Å². The minimum Gasteiger partial charge on any atom is -0.478 e. The Kier molecular flexibility index (Phi) is 8.19. The van der Waals surface area contributed by atoms with Crippen LogP contribution in [-0.4, -0.2) is 52.8 Å². The highest BCUT2D eigenvalue weighted by Gasteiger charge is 2.35. The fourth-order valence-electron chi connectivity index (χ4n) is 3.84. The number of halogens is 3. The topological polar surface area (TPSA) is 85.3 Å². The number of aromatic nitrogens is 4. The van der Waals surface area contributed by atoms with Crippen LogP contribution in [0.25, 0.3) is 11.3 Å². The van der Waals surface area contributed by atoms with E-state index in [9.17, 15) is 13.2 Å². The van der Waals surface area contributed by atoms with Crippen LogP contribution in [0, 0.1) is 0 Å². The van der Waals surface area contributed by atoms with Crippen LogP contribution >= 0.6 is 0 Å². The molecule has 0 amide bonds. The summed E-state index contributed by atoms with van der Waals surface area (Å²) in [5.74, 6) is 1.09. The Morgan fingerprint density at radius 3 is 2.61 bits per heavy atom. The van der Waals surface area contributed by atoms with Gasteiger partial charge in [0.2, 0.25) is 11.8 Å². The summed E-state index contributed by atoms with van der Waals surface area (Å²) in [5.41, 5.74) is 0.329. The van der Waals surface area contributed by atoms with Gasteiger partial charge in [0.1, 0.15) is 5.82 Å². The Bertz CT molecular complexity index is 1170. The van der Waals surface area contributed by atoms with Gasteiger partial charge in [0.25, 0.3) is 0 Å². The second-order valence-corrected chi connectivity index (χ2v) is 8.30. The molecule has 0 radical (unpaired) electrons. The van der Waals surface area contributed by atoms with Gasteiger partial charge >= 0.3 is 6.18 Å². The van der Waals surface area contributed by atoms with Gasteiger partial charge in [-0.25, -0.2) is 9.97 Å². The van der Waals surface area contributed by atoms with E-state index in [1.807, 2.05) is 18.7 Å². The van der Waals surface area contributed by atoms with Crippen molar-refractivity contribution in [1.29, 1.82) is 0 Å². The monoisotopic (exact) mass is 502 g/mol. The molecule has 1 N–H and O–H groups in total. The van der Waals surface area contributed by atoms with Crippen LogP contribution in [0.2, 0.25) is 0 Å². The first-order chi connectivity index (χ1) is 17.4. The molecule has 0 atom stereocenters. The van der Waals surface area contributed by atoms with E-state index in [0.717, 1.165) is 18.9 Å². The summed E-state index contributed by atoms with van der Waals surface area (Å²) < 4.78 is 53.2. The van der Waals surface area contributed by atoms with Crippen LogP contribution in [0.5, 0.6) is 5.88 Å². The Labute approximate surface area is 207 Å².